The summed E-state index contributed by atoms with van der Waals surface area (Å²) in [6, 6.07) is 9.28. The smallest absolute Gasteiger partial charge is 0.190 e. The topological polar surface area (TPSA) is 28.2 Å². The van der Waals surface area contributed by atoms with Crippen LogP contribution in [0.1, 0.15) is 29.0 Å². The maximum Gasteiger partial charge on any atom is 0.190 e. The van der Waals surface area contributed by atoms with Gasteiger partial charge in [0.25, 0.3) is 0 Å². The second-order valence-electron chi connectivity index (χ2n) is 5.56. The van der Waals surface area contributed by atoms with Crippen molar-refractivity contribution >= 4 is 22.2 Å². The molecule has 1 aliphatic rings. The molecule has 3 nitrogen and oxygen atoms in total. The fourth-order valence-electron chi connectivity index (χ4n) is 2.19. The molecule has 1 aromatic heterocycles. The number of thiazole rings is 1. The lowest BCUT2D eigenvalue weighted by Gasteiger charge is -2.16. The van der Waals surface area contributed by atoms with Gasteiger partial charge in [-0.25, -0.2) is 4.98 Å². The molecule has 1 fully saturated rings. The summed E-state index contributed by atoms with van der Waals surface area (Å²) in [6.45, 7) is 5.18. The minimum atomic E-state index is 0.745. The van der Waals surface area contributed by atoms with E-state index in [9.17, 15) is 0 Å². The minimum Gasteiger partial charge on any atom is -0.321 e. The Morgan fingerprint density at radius 1 is 1.35 bits per heavy atom. The zero-order chi connectivity index (χ0) is 14.1. The van der Waals surface area contributed by atoms with Crippen LogP contribution < -0.4 is 10.2 Å². The molecule has 20 heavy (non-hydrogen) atoms. The molecule has 1 aromatic carbocycles. The number of hydrogen-bond acceptors (Lipinski definition) is 4. The highest BCUT2D eigenvalue weighted by atomic mass is 32.1. The van der Waals surface area contributed by atoms with Crippen LogP contribution in [-0.2, 0) is 6.54 Å². The number of anilines is 2. The molecule has 1 aliphatic carbocycles. The van der Waals surface area contributed by atoms with Gasteiger partial charge in [0.05, 0.1) is 5.69 Å². The molecule has 0 atom stereocenters. The Kier molecular flexibility index (Phi) is 3.76. The quantitative estimate of drug-likeness (QED) is 0.907. The van der Waals surface area contributed by atoms with Gasteiger partial charge in [0, 0.05) is 30.2 Å². The van der Waals surface area contributed by atoms with Crippen LogP contribution in [0.4, 0.5) is 10.8 Å². The molecule has 0 saturated heterocycles. The van der Waals surface area contributed by atoms with E-state index < -0.39 is 0 Å². The molecule has 4 heteroatoms. The Hall–Kier alpha value is -1.39. The predicted molar refractivity (Wildman–Crippen MR) is 86.0 cm³/mol. The van der Waals surface area contributed by atoms with Crippen LogP contribution in [0.5, 0.6) is 0 Å². The third kappa shape index (κ3) is 3.02. The van der Waals surface area contributed by atoms with Gasteiger partial charge in [0.2, 0.25) is 0 Å². The maximum absolute atomic E-state index is 4.72. The first kappa shape index (κ1) is 13.6. The Balaban J connectivity index is 1.77. The van der Waals surface area contributed by atoms with Gasteiger partial charge in [0.1, 0.15) is 0 Å². The number of aromatic nitrogens is 1. The van der Waals surface area contributed by atoms with E-state index in [-0.39, 0.29) is 0 Å². The van der Waals surface area contributed by atoms with Gasteiger partial charge < -0.3 is 10.2 Å². The first-order chi connectivity index (χ1) is 9.63. The summed E-state index contributed by atoms with van der Waals surface area (Å²) in [5, 5.41) is 4.64. The monoisotopic (exact) mass is 287 g/mol. The lowest BCUT2D eigenvalue weighted by atomic mass is 10.2. The van der Waals surface area contributed by atoms with Crippen molar-refractivity contribution in [2.75, 3.05) is 11.9 Å². The fraction of sp³-hybridized carbons (Fsp3) is 0.438. The maximum atomic E-state index is 4.72. The van der Waals surface area contributed by atoms with Crippen LogP contribution in [0.15, 0.2) is 24.3 Å². The number of hydrogen-bond donors (Lipinski definition) is 1. The third-order valence-corrected chi connectivity index (χ3v) is 4.92. The van der Waals surface area contributed by atoms with Gasteiger partial charge in [-0.1, -0.05) is 23.5 Å². The average molecular weight is 287 g/mol. The normalized spacial score (nSPS) is 14.6. The Morgan fingerprint density at radius 3 is 2.85 bits per heavy atom. The molecule has 1 heterocycles. The van der Waals surface area contributed by atoms with E-state index in [1.54, 1.807) is 11.3 Å². The van der Waals surface area contributed by atoms with Crippen molar-refractivity contribution < 1.29 is 0 Å². The van der Waals surface area contributed by atoms with Crippen LogP contribution in [0, 0.1) is 13.8 Å². The fourth-order valence-corrected chi connectivity index (χ4v) is 3.19. The molecule has 106 valence electrons. The second kappa shape index (κ2) is 5.54. The van der Waals surface area contributed by atoms with Crippen LogP contribution >= 0.6 is 11.3 Å². The minimum absolute atomic E-state index is 0.745. The highest BCUT2D eigenvalue weighted by molar-refractivity contribution is 7.15. The SMILES string of the molecule is Cc1cccc(N(C)c2nc(C)c(CNC3CC3)s2)c1. The zero-order valence-corrected chi connectivity index (χ0v) is 13.1. The number of aryl methyl sites for hydroxylation is 2. The Labute approximate surface area is 124 Å². The van der Waals surface area contributed by atoms with Crippen molar-refractivity contribution in [2.24, 2.45) is 0 Å². The van der Waals surface area contributed by atoms with Crippen molar-refractivity contribution in [1.82, 2.24) is 10.3 Å². The van der Waals surface area contributed by atoms with E-state index in [0.29, 0.717) is 0 Å². The number of nitrogens with one attached hydrogen (secondary N) is 1. The molecule has 1 saturated carbocycles. The predicted octanol–water partition coefficient (Wildman–Crippen LogP) is 3.78. The zero-order valence-electron chi connectivity index (χ0n) is 12.3. The van der Waals surface area contributed by atoms with Gasteiger partial charge >= 0.3 is 0 Å². The lowest BCUT2D eigenvalue weighted by molar-refractivity contribution is 0.691. The Bertz CT molecular complexity index is 602. The molecule has 0 aliphatic heterocycles. The van der Waals surface area contributed by atoms with Crippen LogP contribution in [0.2, 0.25) is 0 Å². The second-order valence-corrected chi connectivity index (χ2v) is 6.62. The largest absolute Gasteiger partial charge is 0.321 e. The standard InChI is InChI=1S/C16H21N3S/c1-11-5-4-6-14(9-11)19(3)16-18-12(2)15(20-16)10-17-13-7-8-13/h4-6,9,13,17H,7-8,10H2,1-3H3. The van der Waals surface area contributed by atoms with E-state index in [1.165, 1.54) is 29.0 Å². The molecule has 2 aromatic rings. The van der Waals surface area contributed by atoms with E-state index in [4.69, 9.17) is 4.98 Å². The highest BCUT2D eigenvalue weighted by Crippen LogP contribution is 2.31. The molecular formula is C16H21N3S. The van der Waals surface area contributed by atoms with Gasteiger partial charge in [0.15, 0.2) is 5.13 Å². The summed E-state index contributed by atoms with van der Waals surface area (Å²) in [5.41, 5.74) is 3.62. The summed E-state index contributed by atoms with van der Waals surface area (Å²) in [4.78, 5) is 8.24. The number of benzene rings is 1. The number of nitrogens with zero attached hydrogens (tertiary/aromatic N) is 2. The van der Waals surface area contributed by atoms with E-state index in [1.807, 2.05) is 0 Å². The molecule has 3 rings (SSSR count). The Morgan fingerprint density at radius 2 is 2.15 bits per heavy atom. The van der Waals surface area contributed by atoms with Crippen LogP contribution in [-0.4, -0.2) is 18.1 Å². The molecule has 0 unspecified atom stereocenters. The summed E-state index contributed by atoms with van der Waals surface area (Å²) in [6.07, 6.45) is 2.65. The average Bonchev–Trinajstić information content (AvgIpc) is 3.19. The first-order valence-electron chi connectivity index (χ1n) is 7.13. The van der Waals surface area contributed by atoms with Gasteiger partial charge in [-0.2, -0.15) is 0 Å². The first-order valence-corrected chi connectivity index (χ1v) is 7.95. The number of rotatable bonds is 5. The molecule has 0 spiro atoms. The van der Waals surface area contributed by atoms with Gasteiger partial charge in [-0.3, -0.25) is 0 Å². The van der Waals surface area contributed by atoms with Crippen LogP contribution in [0.25, 0.3) is 0 Å². The van der Waals surface area contributed by atoms with E-state index in [2.05, 4.69) is 55.4 Å². The van der Waals surface area contributed by atoms with Gasteiger partial charge in [-0.05, 0) is 44.4 Å². The van der Waals surface area contributed by atoms with Crippen molar-refractivity contribution in [1.29, 1.82) is 0 Å². The van der Waals surface area contributed by atoms with Crippen molar-refractivity contribution in [3.8, 4) is 0 Å². The van der Waals surface area contributed by atoms with Crippen molar-refractivity contribution in [3.05, 3.63) is 40.4 Å². The molecule has 0 radical (unpaired) electrons. The summed E-state index contributed by atoms with van der Waals surface area (Å²) >= 11 is 1.79. The van der Waals surface area contributed by atoms with E-state index >= 15 is 0 Å². The lowest BCUT2D eigenvalue weighted by Crippen LogP contribution is -2.14. The molecule has 0 amide bonds. The van der Waals surface area contributed by atoms with Gasteiger partial charge in [-0.15, -0.1) is 0 Å². The van der Waals surface area contributed by atoms with E-state index in [0.717, 1.165) is 23.4 Å². The van der Waals surface area contributed by atoms with Crippen molar-refractivity contribution in [2.45, 2.75) is 39.3 Å². The summed E-state index contributed by atoms with van der Waals surface area (Å²) in [5.74, 6) is 0. The summed E-state index contributed by atoms with van der Waals surface area (Å²) in [7, 11) is 2.09. The third-order valence-electron chi connectivity index (χ3n) is 3.69. The summed E-state index contributed by atoms with van der Waals surface area (Å²) < 4.78 is 0. The van der Waals surface area contributed by atoms with Crippen LogP contribution in [0.3, 0.4) is 0 Å². The molecular weight excluding hydrogens is 266 g/mol. The highest BCUT2D eigenvalue weighted by Gasteiger charge is 2.21. The molecule has 0 bridgehead atoms. The molecule has 1 N–H and O–H groups in total. The van der Waals surface area contributed by atoms with Crippen molar-refractivity contribution in [3.63, 3.8) is 0 Å².